The fraction of sp³-hybridized carbons (Fsp3) is 0.368. The second-order valence-corrected chi connectivity index (χ2v) is 6.69. The van der Waals surface area contributed by atoms with Gasteiger partial charge in [0.1, 0.15) is 17.5 Å². The number of pyridine rings is 1. The molecule has 0 aliphatic carbocycles. The maximum absolute atomic E-state index is 13.4. The molecule has 1 saturated heterocycles. The summed E-state index contributed by atoms with van der Waals surface area (Å²) in [5, 5.41) is 0. The second kappa shape index (κ2) is 6.52. The van der Waals surface area contributed by atoms with Gasteiger partial charge in [0.25, 0.3) is 0 Å². The number of fused-ring (bicyclic) bond motifs is 1. The van der Waals surface area contributed by atoms with Gasteiger partial charge in [-0.05, 0) is 61.7 Å². The Labute approximate surface area is 145 Å². The Morgan fingerprint density at radius 3 is 2.52 bits per heavy atom. The zero-order valence-corrected chi connectivity index (χ0v) is 14.1. The molecule has 0 radical (unpaired) electrons. The Balaban J connectivity index is 1.44. The van der Waals surface area contributed by atoms with Gasteiger partial charge in [-0.15, -0.1) is 0 Å². The number of likely N-dealkylation sites (tertiary alicyclic amines) is 1. The zero-order chi connectivity index (χ0) is 17.4. The molecule has 3 aromatic rings. The van der Waals surface area contributed by atoms with Crippen molar-refractivity contribution in [2.75, 3.05) is 13.1 Å². The molecule has 0 amide bonds. The number of benzene rings is 1. The summed E-state index contributed by atoms with van der Waals surface area (Å²) in [6, 6.07) is 7.78. The molecular formula is C19H20F2N4. The van der Waals surface area contributed by atoms with Crippen LogP contribution in [0.4, 0.5) is 8.78 Å². The first-order chi connectivity index (χ1) is 12.1. The summed E-state index contributed by atoms with van der Waals surface area (Å²) >= 11 is 0. The van der Waals surface area contributed by atoms with Gasteiger partial charge < -0.3 is 4.57 Å². The molecule has 1 aromatic carbocycles. The molecule has 1 aliphatic rings. The third kappa shape index (κ3) is 3.26. The molecule has 0 unspecified atom stereocenters. The standard InChI is InChI=1S/C19H20F2N4/c1-24-17-3-2-6-22-19(17)23-18(24)12-25-7-4-13(5-8-25)14-9-15(20)11-16(21)10-14/h2-3,6,9-11,13H,4-5,7-8,12H2,1H3. The van der Waals surface area contributed by atoms with Crippen molar-refractivity contribution in [1.82, 2.24) is 19.4 Å². The highest BCUT2D eigenvalue weighted by atomic mass is 19.1. The van der Waals surface area contributed by atoms with Crippen LogP contribution in [0.25, 0.3) is 11.2 Å². The number of imidazole rings is 1. The molecule has 6 heteroatoms. The normalized spacial score (nSPS) is 16.6. The topological polar surface area (TPSA) is 34.0 Å². The van der Waals surface area contributed by atoms with Crippen LogP contribution in [0.1, 0.15) is 30.1 Å². The smallest absolute Gasteiger partial charge is 0.177 e. The first-order valence-corrected chi connectivity index (χ1v) is 8.55. The minimum absolute atomic E-state index is 0.212. The Bertz CT molecular complexity index is 877. The van der Waals surface area contributed by atoms with Gasteiger partial charge in [0, 0.05) is 19.3 Å². The van der Waals surface area contributed by atoms with Crippen molar-refractivity contribution >= 4 is 11.2 Å². The molecule has 0 bridgehead atoms. The van der Waals surface area contributed by atoms with E-state index in [0.29, 0.717) is 0 Å². The highest BCUT2D eigenvalue weighted by molar-refractivity contribution is 5.71. The van der Waals surface area contributed by atoms with Gasteiger partial charge in [0.15, 0.2) is 5.65 Å². The maximum atomic E-state index is 13.4. The molecular weight excluding hydrogens is 322 g/mol. The van der Waals surface area contributed by atoms with Crippen molar-refractivity contribution < 1.29 is 8.78 Å². The minimum Gasteiger partial charge on any atom is -0.329 e. The lowest BCUT2D eigenvalue weighted by Gasteiger charge is -2.31. The minimum atomic E-state index is -0.496. The SMILES string of the molecule is Cn1c(CN2CCC(c3cc(F)cc(F)c3)CC2)nc2ncccc21. The van der Waals surface area contributed by atoms with Crippen molar-refractivity contribution in [3.8, 4) is 0 Å². The van der Waals surface area contributed by atoms with Crippen molar-refractivity contribution in [2.45, 2.75) is 25.3 Å². The molecule has 3 heterocycles. The second-order valence-electron chi connectivity index (χ2n) is 6.69. The predicted octanol–water partition coefficient (Wildman–Crippen LogP) is 3.63. The Morgan fingerprint density at radius 2 is 1.84 bits per heavy atom. The van der Waals surface area contributed by atoms with E-state index in [1.54, 1.807) is 6.20 Å². The molecule has 0 atom stereocenters. The third-order valence-corrected chi connectivity index (χ3v) is 5.06. The average Bonchev–Trinajstić information content (AvgIpc) is 2.91. The van der Waals surface area contributed by atoms with Crippen LogP contribution in [-0.2, 0) is 13.6 Å². The Kier molecular flexibility index (Phi) is 4.21. The monoisotopic (exact) mass is 342 g/mol. The number of halogens is 2. The van der Waals surface area contributed by atoms with Gasteiger partial charge in [-0.25, -0.2) is 18.7 Å². The molecule has 4 rings (SSSR count). The summed E-state index contributed by atoms with van der Waals surface area (Å²) in [7, 11) is 2.01. The van der Waals surface area contributed by atoms with Gasteiger partial charge in [0.05, 0.1) is 12.1 Å². The number of nitrogens with zero attached hydrogens (tertiary/aromatic N) is 4. The number of rotatable bonds is 3. The first kappa shape index (κ1) is 16.1. The van der Waals surface area contributed by atoms with Gasteiger partial charge in [-0.2, -0.15) is 0 Å². The number of hydrogen-bond acceptors (Lipinski definition) is 3. The molecule has 1 aliphatic heterocycles. The van der Waals surface area contributed by atoms with Crippen LogP contribution in [0.15, 0.2) is 36.5 Å². The molecule has 1 fully saturated rings. The largest absolute Gasteiger partial charge is 0.329 e. The third-order valence-electron chi connectivity index (χ3n) is 5.06. The summed E-state index contributed by atoms with van der Waals surface area (Å²) in [6.07, 6.45) is 3.54. The fourth-order valence-corrected chi connectivity index (χ4v) is 3.65. The lowest BCUT2D eigenvalue weighted by molar-refractivity contribution is 0.198. The first-order valence-electron chi connectivity index (χ1n) is 8.55. The van der Waals surface area contributed by atoms with E-state index in [1.165, 1.54) is 12.1 Å². The van der Waals surface area contributed by atoms with E-state index in [-0.39, 0.29) is 5.92 Å². The highest BCUT2D eigenvalue weighted by Crippen LogP contribution is 2.29. The molecule has 25 heavy (non-hydrogen) atoms. The zero-order valence-electron chi connectivity index (χ0n) is 14.1. The summed E-state index contributed by atoms with van der Waals surface area (Å²) in [5.41, 5.74) is 2.57. The lowest BCUT2D eigenvalue weighted by atomic mass is 9.89. The van der Waals surface area contributed by atoms with Crippen LogP contribution < -0.4 is 0 Å². The Hall–Kier alpha value is -2.34. The lowest BCUT2D eigenvalue weighted by Crippen LogP contribution is -2.33. The molecule has 2 aromatic heterocycles. The number of aromatic nitrogens is 3. The maximum Gasteiger partial charge on any atom is 0.177 e. The number of hydrogen-bond donors (Lipinski definition) is 0. The van der Waals surface area contributed by atoms with Gasteiger partial charge in [-0.3, -0.25) is 4.90 Å². The quantitative estimate of drug-likeness (QED) is 0.729. The number of piperidine rings is 1. The van der Waals surface area contributed by atoms with E-state index in [4.69, 9.17) is 0 Å². The van der Waals surface area contributed by atoms with E-state index in [1.807, 2.05) is 19.2 Å². The van der Waals surface area contributed by atoms with E-state index in [9.17, 15) is 8.78 Å². The summed E-state index contributed by atoms with van der Waals surface area (Å²) in [4.78, 5) is 11.3. The molecule has 130 valence electrons. The molecule has 4 nitrogen and oxygen atoms in total. The van der Waals surface area contributed by atoms with Crippen LogP contribution in [0, 0.1) is 11.6 Å². The van der Waals surface area contributed by atoms with E-state index < -0.39 is 11.6 Å². The predicted molar refractivity (Wildman–Crippen MR) is 92.1 cm³/mol. The van der Waals surface area contributed by atoms with Crippen molar-refractivity contribution in [1.29, 1.82) is 0 Å². The summed E-state index contributed by atoms with van der Waals surface area (Å²) in [6.45, 7) is 2.54. The fourth-order valence-electron chi connectivity index (χ4n) is 3.65. The van der Waals surface area contributed by atoms with E-state index in [0.717, 1.165) is 61.1 Å². The van der Waals surface area contributed by atoms with Crippen molar-refractivity contribution in [3.05, 3.63) is 59.6 Å². The summed E-state index contributed by atoms with van der Waals surface area (Å²) in [5.74, 6) is 0.210. The number of aryl methyl sites for hydroxylation is 1. The van der Waals surface area contributed by atoms with Crippen LogP contribution in [0.3, 0.4) is 0 Å². The average molecular weight is 342 g/mol. The van der Waals surface area contributed by atoms with Crippen LogP contribution >= 0.6 is 0 Å². The molecule has 0 saturated carbocycles. The van der Waals surface area contributed by atoms with Gasteiger partial charge >= 0.3 is 0 Å². The molecule has 0 N–H and O–H groups in total. The Morgan fingerprint density at radius 1 is 1.12 bits per heavy atom. The van der Waals surface area contributed by atoms with Crippen LogP contribution in [-0.4, -0.2) is 32.5 Å². The highest BCUT2D eigenvalue weighted by Gasteiger charge is 2.23. The van der Waals surface area contributed by atoms with E-state index >= 15 is 0 Å². The van der Waals surface area contributed by atoms with Crippen LogP contribution in [0.2, 0.25) is 0 Å². The van der Waals surface area contributed by atoms with Crippen LogP contribution in [0.5, 0.6) is 0 Å². The molecule has 0 spiro atoms. The van der Waals surface area contributed by atoms with E-state index in [2.05, 4.69) is 19.4 Å². The van der Waals surface area contributed by atoms with Gasteiger partial charge in [0.2, 0.25) is 0 Å². The van der Waals surface area contributed by atoms with Gasteiger partial charge in [-0.1, -0.05) is 0 Å². The van der Waals surface area contributed by atoms with Crippen molar-refractivity contribution in [2.24, 2.45) is 7.05 Å². The summed E-state index contributed by atoms with van der Waals surface area (Å²) < 4.78 is 28.9. The van der Waals surface area contributed by atoms with Crippen molar-refractivity contribution in [3.63, 3.8) is 0 Å².